The fraction of sp³-hybridized carbons (Fsp3) is 0.474. The van der Waals surface area contributed by atoms with Crippen molar-refractivity contribution in [3.63, 3.8) is 0 Å². The normalized spacial score (nSPS) is 13.7. The van der Waals surface area contributed by atoms with E-state index in [-0.39, 0.29) is 29.5 Å². The predicted molar refractivity (Wildman–Crippen MR) is 124 cm³/mol. The highest BCUT2D eigenvalue weighted by Gasteiger charge is 2.24. The molecule has 7 nitrogen and oxygen atoms in total. The van der Waals surface area contributed by atoms with Crippen molar-refractivity contribution < 1.29 is 18.5 Å². The molecule has 0 spiro atoms. The van der Waals surface area contributed by atoms with E-state index in [9.17, 15) is 18.5 Å². The van der Waals surface area contributed by atoms with E-state index >= 15 is 0 Å². The van der Waals surface area contributed by atoms with Gasteiger partial charge in [-0.15, -0.1) is 15.7 Å². The van der Waals surface area contributed by atoms with Crippen LogP contribution in [-0.2, 0) is 15.5 Å². The van der Waals surface area contributed by atoms with E-state index in [0.29, 0.717) is 21.8 Å². The van der Waals surface area contributed by atoms with Gasteiger partial charge in [-0.3, -0.25) is 0 Å². The Kier molecular flexibility index (Phi) is 8.60. The number of nitrogens with zero attached hydrogens (tertiary/aromatic N) is 2. The SMILES string of the molecule is CC(C)c1cc(F)cc(C(C)C)c1NC(=O)N=S(N)(=O)c1cnc(C(C)(C)O)s1.S. The van der Waals surface area contributed by atoms with Crippen LogP contribution in [0.4, 0.5) is 14.9 Å². The number of thiazole rings is 1. The number of nitrogens with one attached hydrogen (secondary N) is 1. The van der Waals surface area contributed by atoms with Crippen LogP contribution in [-0.4, -0.2) is 20.3 Å². The lowest BCUT2D eigenvalue weighted by Crippen LogP contribution is -2.18. The van der Waals surface area contributed by atoms with Crippen molar-refractivity contribution in [3.8, 4) is 0 Å². The van der Waals surface area contributed by atoms with Crippen LogP contribution in [0, 0.1) is 5.82 Å². The average molecular weight is 477 g/mol. The second kappa shape index (κ2) is 9.73. The first kappa shape index (κ1) is 26.5. The zero-order valence-corrected chi connectivity index (χ0v) is 20.4. The summed E-state index contributed by atoms with van der Waals surface area (Å²) >= 11 is 0.928. The van der Waals surface area contributed by atoms with Gasteiger partial charge in [0.25, 0.3) is 0 Å². The molecule has 4 N–H and O–H groups in total. The summed E-state index contributed by atoms with van der Waals surface area (Å²) in [5.74, 6) is -0.507. The van der Waals surface area contributed by atoms with Gasteiger partial charge in [-0.25, -0.2) is 23.5 Å². The highest BCUT2D eigenvalue weighted by atomic mass is 32.2. The predicted octanol–water partition coefficient (Wildman–Crippen LogP) is 4.80. The molecule has 1 heterocycles. The Bertz CT molecular complexity index is 1010. The molecule has 168 valence electrons. The number of hydrogen-bond acceptors (Lipinski definition) is 5. The second-order valence-electron chi connectivity index (χ2n) is 7.90. The number of nitrogens with two attached hydrogens (primary N) is 1. The number of halogens is 1. The third kappa shape index (κ3) is 6.24. The number of hydrogen-bond donors (Lipinski definition) is 3. The minimum Gasteiger partial charge on any atom is -0.383 e. The molecule has 0 fully saturated rings. The fourth-order valence-electron chi connectivity index (χ4n) is 2.68. The Morgan fingerprint density at radius 2 is 1.77 bits per heavy atom. The molecule has 2 aromatic rings. The third-order valence-electron chi connectivity index (χ3n) is 4.15. The number of carbonyl (C=O) groups is 1. The van der Waals surface area contributed by atoms with Gasteiger partial charge in [0, 0.05) is 5.69 Å². The number of aliphatic hydroxyl groups is 1. The van der Waals surface area contributed by atoms with Crippen molar-refractivity contribution in [2.45, 2.75) is 63.2 Å². The minimum atomic E-state index is -3.56. The minimum absolute atomic E-state index is 0. The number of anilines is 1. The van der Waals surface area contributed by atoms with Gasteiger partial charge in [-0.05, 0) is 48.9 Å². The summed E-state index contributed by atoms with van der Waals surface area (Å²) < 4.78 is 30.6. The molecule has 2 amide bonds. The first-order valence-corrected chi connectivity index (χ1v) is 11.5. The van der Waals surface area contributed by atoms with Gasteiger partial charge in [0.2, 0.25) is 0 Å². The van der Waals surface area contributed by atoms with Crippen molar-refractivity contribution in [2.24, 2.45) is 9.50 Å². The monoisotopic (exact) mass is 476 g/mol. The quantitative estimate of drug-likeness (QED) is 0.574. The Labute approximate surface area is 188 Å². The summed E-state index contributed by atoms with van der Waals surface area (Å²) in [6.07, 6.45) is 1.24. The molecule has 0 aliphatic carbocycles. The maximum atomic E-state index is 14.0. The standard InChI is InChI=1S/C19H27FN4O3S2.H2S/c1-10(2)13-7-12(20)8-14(11(3)4)16(13)23-18(25)24-29(21,27)15-9-22-17(28-15)19(5,6)26;/h7-11,26H,1-6H3,(H3,21,23,24,25,27);1H2. The molecule has 30 heavy (non-hydrogen) atoms. The summed E-state index contributed by atoms with van der Waals surface area (Å²) in [6, 6.07) is 1.83. The van der Waals surface area contributed by atoms with Gasteiger partial charge in [0.05, 0.1) is 6.20 Å². The highest BCUT2D eigenvalue weighted by molar-refractivity contribution is 7.93. The topological polar surface area (TPSA) is 118 Å². The first-order chi connectivity index (χ1) is 13.2. The van der Waals surface area contributed by atoms with Crippen molar-refractivity contribution in [2.75, 3.05) is 5.32 Å². The zero-order chi connectivity index (χ0) is 22.1. The molecule has 1 aromatic heterocycles. The summed E-state index contributed by atoms with van der Waals surface area (Å²) in [4.78, 5) is 16.5. The number of carbonyl (C=O) groups excluding carboxylic acids is 1. The molecule has 0 aliphatic heterocycles. The van der Waals surface area contributed by atoms with Crippen LogP contribution < -0.4 is 10.5 Å². The maximum Gasteiger partial charge on any atom is 0.354 e. The lowest BCUT2D eigenvalue weighted by molar-refractivity contribution is 0.0783. The zero-order valence-electron chi connectivity index (χ0n) is 17.8. The molecule has 2 rings (SSSR count). The highest BCUT2D eigenvalue weighted by Crippen LogP contribution is 2.34. The van der Waals surface area contributed by atoms with Gasteiger partial charge in [-0.1, -0.05) is 27.7 Å². The van der Waals surface area contributed by atoms with Gasteiger partial charge in [0.1, 0.15) is 20.6 Å². The number of rotatable bonds is 5. The molecule has 0 bridgehead atoms. The Morgan fingerprint density at radius 3 is 2.17 bits per heavy atom. The van der Waals surface area contributed by atoms with Crippen LogP contribution in [0.3, 0.4) is 0 Å². The smallest absolute Gasteiger partial charge is 0.354 e. The molecule has 0 radical (unpaired) electrons. The molecule has 1 unspecified atom stereocenters. The fourth-order valence-corrected chi connectivity index (χ4v) is 4.74. The first-order valence-electron chi connectivity index (χ1n) is 9.10. The van der Waals surface area contributed by atoms with Gasteiger partial charge in [0.15, 0.2) is 9.92 Å². The van der Waals surface area contributed by atoms with Crippen LogP contribution in [0.2, 0.25) is 0 Å². The van der Waals surface area contributed by atoms with Crippen LogP contribution in [0.5, 0.6) is 0 Å². The average Bonchev–Trinajstić information content (AvgIpc) is 3.06. The lowest BCUT2D eigenvalue weighted by Gasteiger charge is -2.19. The maximum absolute atomic E-state index is 14.0. The van der Waals surface area contributed by atoms with Crippen LogP contribution >= 0.6 is 24.8 Å². The Hall–Kier alpha value is -1.53. The van der Waals surface area contributed by atoms with Crippen LogP contribution in [0.25, 0.3) is 0 Å². The van der Waals surface area contributed by atoms with Gasteiger partial charge in [-0.2, -0.15) is 13.5 Å². The summed E-state index contributed by atoms with van der Waals surface area (Å²) in [7, 11) is -3.56. The molecular formula is C19H29FN4O3S3. The van der Waals surface area contributed by atoms with E-state index < -0.39 is 27.4 Å². The van der Waals surface area contributed by atoms with E-state index in [1.807, 2.05) is 27.7 Å². The van der Waals surface area contributed by atoms with Crippen molar-refractivity contribution in [3.05, 3.63) is 40.3 Å². The molecule has 0 saturated carbocycles. The Morgan fingerprint density at radius 1 is 1.27 bits per heavy atom. The molecule has 11 heteroatoms. The lowest BCUT2D eigenvalue weighted by atomic mass is 9.92. The molecule has 1 aromatic carbocycles. The van der Waals surface area contributed by atoms with Gasteiger partial charge >= 0.3 is 6.03 Å². The summed E-state index contributed by atoms with van der Waals surface area (Å²) in [6.45, 7) is 10.6. The molecule has 1 atom stereocenters. The van der Waals surface area contributed by atoms with Crippen molar-refractivity contribution in [1.82, 2.24) is 4.98 Å². The second-order valence-corrected chi connectivity index (χ2v) is 11.0. The number of urea groups is 1. The number of amides is 2. The van der Waals surface area contributed by atoms with E-state index in [1.54, 1.807) is 0 Å². The largest absolute Gasteiger partial charge is 0.383 e. The molecule has 0 aliphatic rings. The summed E-state index contributed by atoms with van der Waals surface area (Å²) in [5.41, 5.74) is 0.445. The van der Waals surface area contributed by atoms with Crippen LogP contribution in [0.1, 0.15) is 69.5 Å². The number of aromatic nitrogens is 1. The van der Waals surface area contributed by atoms with E-state index in [0.717, 1.165) is 11.3 Å². The third-order valence-corrected chi connectivity index (χ3v) is 7.34. The van der Waals surface area contributed by atoms with E-state index in [4.69, 9.17) is 5.14 Å². The molecule has 0 saturated heterocycles. The van der Waals surface area contributed by atoms with Crippen LogP contribution in [0.15, 0.2) is 26.9 Å². The Balaban J connectivity index is 0.00000450. The van der Waals surface area contributed by atoms with E-state index in [2.05, 4.69) is 14.7 Å². The van der Waals surface area contributed by atoms with Crippen molar-refractivity contribution in [1.29, 1.82) is 0 Å². The van der Waals surface area contributed by atoms with Crippen molar-refractivity contribution >= 4 is 46.5 Å². The summed E-state index contributed by atoms with van der Waals surface area (Å²) in [5, 5.41) is 18.7. The van der Waals surface area contributed by atoms with Gasteiger partial charge < -0.3 is 10.4 Å². The van der Waals surface area contributed by atoms with E-state index in [1.165, 1.54) is 32.2 Å². The number of benzene rings is 1. The molecular weight excluding hydrogens is 447 g/mol.